The highest BCUT2D eigenvalue weighted by Crippen LogP contribution is 2.11. The Kier molecular flexibility index (Phi) is 6.99. The van der Waals surface area contributed by atoms with Crippen molar-refractivity contribution < 1.29 is 9.59 Å². The van der Waals surface area contributed by atoms with Gasteiger partial charge in [0.25, 0.3) is 0 Å². The lowest BCUT2D eigenvalue weighted by atomic mass is 10.0. The number of amides is 2. The van der Waals surface area contributed by atoms with Gasteiger partial charge < -0.3 is 15.5 Å². The lowest BCUT2D eigenvalue weighted by Crippen LogP contribution is -2.52. The predicted molar refractivity (Wildman–Crippen MR) is 80.3 cm³/mol. The highest BCUT2D eigenvalue weighted by Gasteiger charge is 2.27. The van der Waals surface area contributed by atoms with E-state index in [0.29, 0.717) is 12.3 Å². The van der Waals surface area contributed by atoms with Crippen molar-refractivity contribution in [2.75, 3.05) is 20.6 Å². The maximum atomic E-state index is 12.3. The molecule has 1 heterocycles. The van der Waals surface area contributed by atoms with Gasteiger partial charge in [-0.05, 0) is 31.7 Å². The van der Waals surface area contributed by atoms with Gasteiger partial charge in [0.15, 0.2) is 0 Å². The number of nitrogens with one attached hydrogen (secondary N) is 2. The second-order valence-corrected chi connectivity index (χ2v) is 6.28. The summed E-state index contributed by atoms with van der Waals surface area (Å²) >= 11 is 0. The largest absolute Gasteiger partial charge is 0.347 e. The predicted octanol–water partition coefficient (Wildman–Crippen LogP) is 1.14. The zero-order valence-electron chi connectivity index (χ0n) is 13.2. The molecular weight excluding hydrogens is 254 g/mol. The van der Waals surface area contributed by atoms with Gasteiger partial charge in [-0.1, -0.05) is 26.7 Å². The summed E-state index contributed by atoms with van der Waals surface area (Å²) in [6, 6.07) is -0.565. The molecule has 1 saturated heterocycles. The van der Waals surface area contributed by atoms with Gasteiger partial charge in [-0.3, -0.25) is 9.59 Å². The van der Waals surface area contributed by atoms with Gasteiger partial charge in [0.1, 0.15) is 6.04 Å². The molecule has 0 aliphatic carbocycles. The van der Waals surface area contributed by atoms with E-state index in [2.05, 4.69) is 24.5 Å². The summed E-state index contributed by atoms with van der Waals surface area (Å²) in [5, 5.41) is 6.21. The summed E-state index contributed by atoms with van der Waals surface area (Å²) in [4.78, 5) is 26.0. The second kappa shape index (κ2) is 8.25. The Morgan fingerprint density at radius 2 is 1.95 bits per heavy atom. The average Bonchev–Trinajstić information content (AvgIpc) is 2.65. The highest BCUT2D eigenvalue weighted by molar-refractivity contribution is 5.89. The normalized spacial score (nSPS) is 21.1. The van der Waals surface area contributed by atoms with E-state index in [1.54, 1.807) is 19.0 Å². The summed E-state index contributed by atoms with van der Waals surface area (Å²) < 4.78 is 0. The minimum Gasteiger partial charge on any atom is -0.347 e. The minimum absolute atomic E-state index is 0.0272. The summed E-state index contributed by atoms with van der Waals surface area (Å²) in [5.41, 5.74) is 0. The summed E-state index contributed by atoms with van der Waals surface area (Å²) in [6.45, 7) is 5.01. The number of nitrogens with zero attached hydrogens (tertiary/aromatic N) is 1. The third kappa shape index (κ3) is 5.49. The monoisotopic (exact) mass is 283 g/mol. The van der Waals surface area contributed by atoms with Gasteiger partial charge in [-0.15, -0.1) is 0 Å². The van der Waals surface area contributed by atoms with E-state index in [1.807, 2.05) is 0 Å². The fraction of sp³-hybridized carbons (Fsp3) is 0.867. The van der Waals surface area contributed by atoms with Crippen molar-refractivity contribution >= 4 is 11.8 Å². The Bertz CT molecular complexity index is 321. The Balaban J connectivity index is 2.62. The van der Waals surface area contributed by atoms with Gasteiger partial charge in [0.2, 0.25) is 11.8 Å². The topological polar surface area (TPSA) is 61.4 Å². The SMILES string of the molecule is CC(C)CC(NC(=O)C1CCCCCN1)C(=O)N(C)C. The van der Waals surface area contributed by atoms with Crippen molar-refractivity contribution in [3.8, 4) is 0 Å². The molecule has 0 saturated carbocycles. The van der Waals surface area contributed by atoms with E-state index < -0.39 is 6.04 Å². The molecule has 1 aliphatic rings. The molecular formula is C15H29N3O2. The van der Waals surface area contributed by atoms with Crippen LogP contribution in [0, 0.1) is 5.92 Å². The van der Waals surface area contributed by atoms with Crippen LogP contribution in [0.3, 0.4) is 0 Å². The molecule has 0 aromatic rings. The molecule has 20 heavy (non-hydrogen) atoms. The Hall–Kier alpha value is -1.10. The molecule has 0 spiro atoms. The van der Waals surface area contributed by atoms with Crippen LogP contribution in [0.2, 0.25) is 0 Å². The van der Waals surface area contributed by atoms with Crippen LogP contribution in [0.4, 0.5) is 0 Å². The first-order valence-corrected chi connectivity index (χ1v) is 7.66. The summed E-state index contributed by atoms with van der Waals surface area (Å²) in [6.07, 6.45) is 4.89. The molecule has 5 heteroatoms. The smallest absolute Gasteiger partial charge is 0.244 e. The standard InChI is InChI=1S/C15H29N3O2/c1-11(2)10-13(15(20)18(3)4)17-14(19)12-8-6-5-7-9-16-12/h11-13,16H,5-10H2,1-4H3,(H,17,19). The Morgan fingerprint density at radius 1 is 1.25 bits per heavy atom. The van der Waals surface area contributed by atoms with E-state index in [9.17, 15) is 9.59 Å². The second-order valence-electron chi connectivity index (χ2n) is 6.28. The molecule has 116 valence electrons. The molecule has 2 atom stereocenters. The maximum absolute atomic E-state index is 12.3. The third-order valence-corrected chi connectivity index (χ3v) is 3.64. The van der Waals surface area contributed by atoms with Gasteiger partial charge in [0, 0.05) is 14.1 Å². The fourth-order valence-corrected chi connectivity index (χ4v) is 2.53. The molecule has 0 bridgehead atoms. The Labute approximate surface area is 122 Å². The van der Waals surface area contributed by atoms with E-state index in [1.165, 1.54) is 6.42 Å². The molecule has 2 amide bonds. The van der Waals surface area contributed by atoms with E-state index in [0.717, 1.165) is 25.8 Å². The number of carbonyl (C=O) groups excluding carboxylic acids is 2. The van der Waals surface area contributed by atoms with Gasteiger partial charge in [0.05, 0.1) is 6.04 Å². The molecule has 1 aliphatic heterocycles. The minimum atomic E-state index is -0.414. The van der Waals surface area contributed by atoms with Crippen molar-refractivity contribution in [2.45, 2.75) is 58.0 Å². The van der Waals surface area contributed by atoms with Crippen LogP contribution in [0.25, 0.3) is 0 Å². The van der Waals surface area contributed by atoms with Crippen molar-refractivity contribution in [1.82, 2.24) is 15.5 Å². The molecule has 0 aromatic heterocycles. The lowest BCUT2D eigenvalue weighted by Gasteiger charge is -2.25. The quantitative estimate of drug-likeness (QED) is 0.795. The van der Waals surface area contributed by atoms with Crippen LogP contribution in [0.5, 0.6) is 0 Å². The zero-order chi connectivity index (χ0) is 15.1. The Morgan fingerprint density at radius 3 is 2.55 bits per heavy atom. The number of hydrogen-bond acceptors (Lipinski definition) is 3. The number of likely N-dealkylation sites (N-methyl/N-ethyl adjacent to an activating group) is 1. The molecule has 2 N–H and O–H groups in total. The first kappa shape index (κ1) is 17.0. The number of hydrogen-bond donors (Lipinski definition) is 2. The van der Waals surface area contributed by atoms with Crippen molar-refractivity contribution in [1.29, 1.82) is 0 Å². The first-order valence-electron chi connectivity index (χ1n) is 7.66. The van der Waals surface area contributed by atoms with Crippen LogP contribution in [-0.2, 0) is 9.59 Å². The van der Waals surface area contributed by atoms with Crippen molar-refractivity contribution in [2.24, 2.45) is 5.92 Å². The fourth-order valence-electron chi connectivity index (χ4n) is 2.53. The van der Waals surface area contributed by atoms with Crippen LogP contribution in [-0.4, -0.2) is 49.4 Å². The van der Waals surface area contributed by atoms with E-state index in [-0.39, 0.29) is 17.9 Å². The van der Waals surface area contributed by atoms with Crippen molar-refractivity contribution in [3.63, 3.8) is 0 Å². The van der Waals surface area contributed by atoms with Crippen LogP contribution in [0.1, 0.15) is 46.0 Å². The van der Waals surface area contributed by atoms with Crippen LogP contribution in [0.15, 0.2) is 0 Å². The van der Waals surface area contributed by atoms with Gasteiger partial charge in [-0.2, -0.15) is 0 Å². The number of rotatable bonds is 5. The van der Waals surface area contributed by atoms with E-state index >= 15 is 0 Å². The van der Waals surface area contributed by atoms with Gasteiger partial charge in [-0.25, -0.2) is 0 Å². The van der Waals surface area contributed by atoms with Crippen LogP contribution < -0.4 is 10.6 Å². The molecule has 1 fully saturated rings. The first-order chi connectivity index (χ1) is 9.41. The molecule has 5 nitrogen and oxygen atoms in total. The number of carbonyl (C=O) groups is 2. The molecule has 0 radical (unpaired) electrons. The third-order valence-electron chi connectivity index (χ3n) is 3.64. The zero-order valence-corrected chi connectivity index (χ0v) is 13.2. The molecule has 2 unspecified atom stereocenters. The van der Waals surface area contributed by atoms with Crippen molar-refractivity contribution in [3.05, 3.63) is 0 Å². The highest BCUT2D eigenvalue weighted by atomic mass is 16.2. The van der Waals surface area contributed by atoms with Crippen LogP contribution >= 0.6 is 0 Å². The maximum Gasteiger partial charge on any atom is 0.244 e. The average molecular weight is 283 g/mol. The lowest BCUT2D eigenvalue weighted by molar-refractivity contribution is -0.135. The molecule has 1 rings (SSSR count). The van der Waals surface area contributed by atoms with E-state index in [4.69, 9.17) is 0 Å². The molecule has 0 aromatic carbocycles. The summed E-state index contributed by atoms with van der Waals surface area (Å²) in [5.74, 6) is 0.305. The van der Waals surface area contributed by atoms with Gasteiger partial charge >= 0.3 is 0 Å². The summed E-state index contributed by atoms with van der Waals surface area (Å²) in [7, 11) is 3.46.